The molecule has 0 aliphatic carbocycles. The summed E-state index contributed by atoms with van der Waals surface area (Å²) in [7, 11) is 0. The number of hydrogen-bond acceptors (Lipinski definition) is 1. The lowest BCUT2D eigenvalue weighted by atomic mass is 10.1. The minimum absolute atomic E-state index is 0.0619. The third-order valence-corrected chi connectivity index (χ3v) is 3.29. The van der Waals surface area contributed by atoms with Crippen molar-refractivity contribution in [1.82, 2.24) is 0 Å². The van der Waals surface area contributed by atoms with Gasteiger partial charge in [-0.25, -0.2) is 0 Å². The van der Waals surface area contributed by atoms with Crippen molar-refractivity contribution in [3.63, 3.8) is 0 Å². The molecule has 1 aliphatic rings. The van der Waals surface area contributed by atoms with Crippen molar-refractivity contribution in [2.75, 3.05) is 0 Å². The molecule has 1 aliphatic heterocycles. The molecule has 0 spiro atoms. The Kier molecular flexibility index (Phi) is 3.46. The minimum Gasteiger partial charge on any atom is -0.366 e. The first-order valence-electron chi connectivity index (χ1n) is 4.84. The zero-order valence-electron chi connectivity index (χ0n) is 8.00. The molecular weight excluding hydrogens is 254 g/mol. The molecule has 1 nitrogen and oxygen atoms in total. The Morgan fingerprint density at radius 2 is 1.73 bits per heavy atom. The minimum atomic E-state index is -1.32. The van der Waals surface area contributed by atoms with E-state index in [2.05, 4.69) is 0 Å². The molecule has 82 valence electrons. The Balaban J connectivity index is 2.05. The Morgan fingerprint density at radius 1 is 1.07 bits per heavy atom. The summed E-state index contributed by atoms with van der Waals surface area (Å²) in [5, 5.41) is 0. The van der Waals surface area contributed by atoms with Gasteiger partial charge in [0.25, 0.3) is 0 Å². The standard InChI is InChI=1S/C11H11Cl3O/c12-11(13,14)10-7-6-9(15-10)8-4-2-1-3-5-8/h1-5,9-10H,6-7H2. The molecule has 1 aromatic carbocycles. The molecule has 2 unspecified atom stereocenters. The molecule has 15 heavy (non-hydrogen) atoms. The Morgan fingerprint density at radius 3 is 2.27 bits per heavy atom. The first-order chi connectivity index (χ1) is 7.07. The van der Waals surface area contributed by atoms with Gasteiger partial charge in [0.05, 0.1) is 6.10 Å². The van der Waals surface area contributed by atoms with E-state index in [9.17, 15) is 0 Å². The number of halogens is 3. The van der Waals surface area contributed by atoms with Crippen molar-refractivity contribution < 1.29 is 4.74 Å². The highest BCUT2D eigenvalue weighted by atomic mass is 35.6. The molecule has 1 saturated heterocycles. The molecule has 0 radical (unpaired) electrons. The van der Waals surface area contributed by atoms with Crippen molar-refractivity contribution in [3.05, 3.63) is 35.9 Å². The Bertz CT molecular complexity index is 320. The van der Waals surface area contributed by atoms with Crippen molar-refractivity contribution in [3.8, 4) is 0 Å². The van der Waals surface area contributed by atoms with Gasteiger partial charge in [0.15, 0.2) is 0 Å². The average Bonchev–Trinajstić information content (AvgIpc) is 2.67. The fourth-order valence-corrected chi connectivity index (χ4v) is 2.27. The van der Waals surface area contributed by atoms with Gasteiger partial charge < -0.3 is 4.74 Å². The summed E-state index contributed by atoms with van der Waals surface area (Å²) in [6, 6.07) is 10.0. The zero-order valence-corrected chi connectivity index (χ0v) is 10.3. The summed E-state index contributed by atoms with van der Waals surface area (Å²) >= 11 is 17.4. The molecular formula is C11H11Cl3O. The summed E-state index contributed by atoms with van der Waals surface area (Å²) < 4.78 is 4.40. The fourth-order valence-electron chi connectivity index (χ4n) is 1.79. The van der Waals surface area contributed by atoms with Crippen LogP contribution in [0.3, 0.4) is 0 Å². The third-order valence-electron chi connectivity index (χ3n) is 2.56. The lowest BCUT2D eigenvalue weighted by molar-refractivity contribution is 0.0470. The number of rotatable bonds is 1. The number of benzene rings is 1. The maximum Gasteiger partial charge on any atom is 0.216 e. The first-order valence-corrected chi connectivity index (χ1v) is 5.98. The van der Waals surface area contributed by atoms with Crippen molar-refractivity contribution in [1.29, 1.82) is 0 Å². The highest BCUT2D eigenvalue weighted by molar-refractivity contribution is 6.68. The third kappa shape index (κ3) is 2.79. The summed E-state index contributed by atoms with van der Waals surface area (Å²) in [6.07, 6.45) is 1.46. The molecule has 0 N–H and O–H groups in total. The monoisotopic (exact) mass is 264 g/mol. The van der Waals surface area contributed by atoms with Gasteiger partial charge in [-0.05, 0) is 18.4 Å². The predicted octanol–water partition coefficient (Wildman–Crippen LogP) is 4.28. The SMILES string of the molecule is ClC(Cl)(Cl)C1CCC(c2ccccc2)O1. The maximum absolute atomic E-state index is 5.80. The van der Waals surface area contributed by atoms with Crippen LogP contribution in [0.1, 0.15) is 24.5 Å². The van der Waals surface area contributed by atoms with Crippen molar-refractivity contribution in [2.24, 2.45) is 0 Å². The second-order valence-electron chi connectivity index (χ2n) is 3.64. The highest BCUT2D eigenvalue weighted by Gasteiger charge is 2.39. The average molecular weight is 266 g/mol. The van der Waals surface area contributed by atoms with E-state index in [0.29, 0.717) is 0 Å². The van der Waals surface area contributed by atoms with Crippen LogP contribution in [0.15, 0.2) is 30.3 Å². The number of hydrogen-bond donors (Lipinski definition) is 0. The number of ether oxygens (including phenoxy) is 1. The second kappa shape index (κ2) is 4.50. The van der Waals surface area contributed by atoms with Crippen LogP contribution in [0.2, 0.25) is 0 Å². The van der Waals surface area contributed by atoms with Gasteiger partial charge >= 0.3 is 0 Å². The lowest BCUT2D eigenvalue weighted by Gasteiger charge is -2.20. The van der Waals surface area contributed by atoms with Gasteiger partial charge in [-0.3, -0.25) is 0 Å². The van der Waals surface area contributed by atoms with E-state index in [1.165, 1.54) is 0 Å². The molecule has 0 saturated carbocycles. The smallest absolute Gasteiger partial charge is 0.216 e. The van der Waals surface area contributed by atoms with E-state index < -0.39 is 3.79 Å². The van der Waals surface area contributed by atoms with Gasteiger partial charge in [0.2, 0.25) is 3.79 Å². The van der Waals surface area contributed by atoms with Gasteiger partial charge in [0.1, 0.15) is 6.10 Å². The fraction of sp³-hybridized carbons (Fsp3) is 0.455. The summed E-state index contributed by atoms with van der Waals surface area (Å²) in [5.74, 6) is 0. The molecule has 2 rings (SSSR count). The van der Waals surface area contributed by atoms with Crippen LogP contribution in [0.25, 0.3) is 0 Å². The molecule has 4 heteroatoms. The Labute approximate surface area is 104 Å². The topological polar surface area (TPSA) is 9.23 Å². The van der Waals surface area contributed by atoms with E-state index in [1.807, 2.05) is 30.3 Å². The van der Waals surface area contributed by atoms with Gasteiger partial charge in [-0.15, -0.1) is 0 Å². The van der Waals surface area contributed by atoms with Crippen LogP contribution >= 0.6 is 34.8 Å². The largest absolute Gasteiger partial charge is 0.366 e. The van der Waals surface area contributed by atoms with E-state index in [-0.39, 0.29) is 12.2 Å². The molecule has 1 heterocycles. The molecule has 0 aromatic heterocycles. The summed E-state index contributed by atoms with van der Waals surface area (Å²) in [6.45, 7) is 0. The lowest BCUT2D eigenvalue weighted by Crippen LogP contribution is -2.24. The highest BCUT2D eigenvalue weighted by Crippen LogP contribution is 2.43. The summed E-state index contributed by atoms with van der Waals surface area (Å²) in [5.41, 5.74) is 1.15. The van der Waals surface area contributed by atoms with Crippen LogP contribution in [-0.4, -0.2) is 9.90 Å². The zero-order chi connectivity index (χ0) is 10.9. The quantitative estimate of drug-likeness (QED) is 0.689. The molecule has 1 fully saturated rings. The normalized spacial score (nSPS) is 26.9. The molecule has 1 aromatic rings. The van der Waals surface area contributed by atoms with Crippen molar-refractivity contribution >= 4 is 34.8 Å². The predicted molar refractivity (Wildman–Crippen MR) is 63.6 cm³/mol. The Hall–Kier alpha value is 0.0500. The first kappa shape index (κ1) is 11.5. The maximum atomic E-state index is 5.80. The van der Waals surface area contributed by atoms with Crippen LogP contribution in [0.4, 0.5) is 0 Å². The van der Waals surface area contributed by atoms with Crippen LogP contribution in [0, 0.1) is 0 Å². The molecule has 2 atom stereocenters. The van der Waals surface area contributed by atoms with Gasteiger partial charge in [-0.1, -0.05) is 65.1 Å². The van der Waals surface area contributed by atoms with Crippen molar-refractivity contribution in [2.45, 2.75) is 28.8 Å². The summed E-state index contributed by atoms with van der Waals surface area (Å²) in [4.78, 5) is 0. The van der Waals surface area contributed by atoms with Gasteiger partial charge in [-0.2, -0.15) is 0 Å². The second-order valence-corrected chi connectivity index (χ2v) is 6.01. The van der Waals surface area contributed by atoms with Crippen LogP contribution in [0.5, 0.6) is 0 Å². The van der Waals surface area contributed by atoms with E-state index >= 15 is 0 Å². The van der Waals surface area contributed by atoms with Crippen LogP contribution < -0.4 is 0 Å². The number of alkyl halides is 3. The van der Waals surface area contributed by atoms with E-state index in [0.717, 1.165) is 18.4 Å². The van der Waals surface area contributed by atoms with E-state index in [4.69, 9.17) is 39.5 Å². The van der Waals surface area contributed by atoms with Gasteiger partial charge in [0, 0.05) is 0 Å². The molecule has 0 bridgehead atoms. The van der Waals surface area contributed by atoms with E-state index in [1.54, 1.807) is 0 Å². The van der Waals surface area contributed by atoms with Crippen LogP contribution in [-0.2, 0) is 4.74 Å². The molecule has 0 amide bonds.